The van der Waals surface area contributed by atoms with Crippen molar-refractivity contribution in [1.29, 1.82) is 0 Å². The lowest BCUT2D eigenvalue weighted by molar-refractivity contribution is 0.0694. The fraction of sp³-hybridized carbons (Fsp3) is 0.368. The van der Waals surface area contributed by atoms with E-state index in [9.17, 15) is 14.7 Å². The molecule has 1 aliphatic rings. The van der Waals surface area contributed by atoms with Crippen LogP contribution in [0.25, 0.3) is 11.3 Å². The molecule has 0 aliphatic carbocycles. The number of ether oxygens (including phenoxy) is 2. The van der Waals surface area contributed by atoms with Crippen molar-refractivity contribution in [2.75, 3.05) is 13.7 Å². The van der Waals surface area contributed by atoms with E-state index in [4.69, 9.17) is 9.47 Å². The molecule has 0 fully saturated rings. The topological polar surface area (TPSA) is 77.8 Å². The molecule has 6 nitrogen and oxygen atoms in total. The highest BCUT2D eigenvalue weighted by atomic mass is 16.5. The lowest BCUT2D eigenvalue weighted by Gasteiger charge is -2.31. The number of pyridine rings is 1. The van der Waals surface area contributed by atoms with Crippen LogP contribution in [0.2, 0.25) is 0 Å². The Balaban J connectivity index is 2.25. The molecule has 6 heteroatoms. The molecule has 132 valence electrons. The third-order valence-electron chi connectivity index (χ3n) is 4.60. The van der Waals surface area contributed by atoms with E-state index in [0.29, 0.717) is 23.8 Å². The van der Waals surface area contributed by atoms with E-state index in [1.54, 1.807) is 7.11 Å². The van der Waals surface area contributed by atoms with Gasteiger partial charge in [-0.25, -0.2) is 4.79 Å². The average Bonchev–Trinajstić information content (AvgIpc) is 2.60. The van der Waals surface area contributed by atoms with Gasteiger partial charge >= 0.3 is 5.97 Å². The van der Waals surface area contributed by atoms with Crippen LogP contribution >= 0.6 is 0 Å². The summed E-state index contributed by atoms with van der Waals surface area (Å²) in [5.41, 5.74) is 1.96. The number of rotatable bonds is 5. The molecule has 1 N–H and O–H groups in total. The number of carbonyl (C=O) groups is 1. The van der Waals surface area contributed by atoms with Crippen molar-refractivity contribution in [1.82, 2.24) is 4.57 Å². The molecule has 0 radical (unpaired) electrons. The molecular formula is C19H21NO5. The molecule has 0 amide bonds. The smallest absolute Gasteiger partial charge is 0.341 e. The summed E-state index contributed by atoms with van der Waals surface area (Å²) < 4.78 is 13.0. The van der Waals surface area contributed by atoms with Crippen LogP contribution in [0.4, 0.5) is 0 Å². The number of aromatic carboxylic acids is 1. The summed E-state index contributed by atoms with van der Waals surface area (Å²) in [6.07, 6.45) is 3.02. The third-order valence-corrected chi connectivity index (χ3v) is 4.60. The second-order valence-electron chi connectivity index (χ2n) is 6.01. The van der Waals surface area contributed by atoms with Crippen molar-refractivity contribution in [2.24, 2.45) is 0 Å². The summed E-state index contributed by atoms with van der Waals surface area (Å²) in [6.45, 7) is 4.49. The van der Waals surface area contributed by atoms with Crippen LogP contribution < -0.4 is 14.9 Å². The number of carboxylic acids is 1. The summed E-state index contributed by atoms with van der Waals surface area (Å²) in [6, 6.07) is 5.31. The Morgan fingerprint density at radius 2 is 2.04 bits per heavy atom. The van der Waals surface area contributed by atoms with Crippen molar-refractivity contribution in [2.45, 2.75) is 32.7 Å². The Hall–Kier alpha value is -2.76. The Morgan fingerprint density at radius 1 is 1.28 bits per heavy atom. The minimum absolute atomic E-state index is 0.0871. The van der Waals surface area contributed by atoms with Crippen LogP contribution in [0.1, 0.15) is 42.2 Å². The van der Waals surface area contributed by atoms with E-state index in [2.05, 4.69) is 0 Å². The van der Waals surface area contributed by atoms with Crippen LogP contribution in [0, 0.1) is 0 Å². The quantitative estimate of drug-likeness (QED) is 0.902. The second-order valence-corrected chi connectivity index (χ2v) is 6.01. The predicted molar refractivity (Wildman–Crippen MR) is 93.9 cm³/mol. The van der Waals surface area contributed by atoms with Crippen molar-refractivity contribution in [3.05, 3.63) is 45.7 Å². The number of nitrogens with zero attached hydrogens (tertiary/aromatic N) is 1. The van der Waals surface area contributed by atoms with Crippen molar-refractivity contribution in [3.63, 3.8) is 0 Å². The fourth-order valence-corrected chi connectivity index (χ4v) is 3.36. The van der Waals surface area contributed by atoms with Gasteiger partial charge in [0.25, 0.3) is 0 Å². The first-order valence-electron chi connectivity index (χ1n) is 8.33. The van der Waals surface area contributed by atoms with Crippen LogP contribution in [0.5, 0.6) is 11.5 Å². The van der Waals surface area contributed by atoms with Gasteiger partial charge in [-0.2, -0.15) is 0 Å². The maximum atomic E-state index is 12.2. The number of hydrogen-bond donors (Lipinski definition) is 1. The number of hydrogen-bond acceptors (Lipinski definition) is 4. The van der Waals surface area contributed by atoms with Crippen LogP contribution in [-0.2, 0) is 6.42 Å². The Kier molecular flexibility index (Phi) is 4.53. The van der Waals surface area contributed by atoms with E-state index in [0.717, 1.165) is 24.0 Å². The highest BCUT2D eigenvalue weighted by molar-refractivity contribution is 5.87. The monoisotopic (exact) mass is 343 g/mol. The first kappa shape index (κ1) is 17.1. The normalized spacial score (nSPS) is 15.2. The standard InChI is InChI=1S/C19H21NO5/c1-4-12-6-11-7-18(25-5-2)17(24-3)8-13(11)15-9-16(21)14(19(22)23)10-20(12)15/h7-10,12H,4-6H2,1-3H3,(H,22,23)/t12-/m0/s1. The highest BCUT2D eigenvalue weighted by Crippen LogP contribution is 2.41. The Bertz CT molecular complexity index is 884. The number of fused-ring (bicyclic) bond motifs is 3. The summed E-state index contributed by atoms with van der Waals surface area (Å²) in [4.78, 5) is 23.5. The Labute approximate surface area is 145 Å². The lowest BCUT2D eigenvalue weighted by atomic mass is 9.90. The first-order chi connectivity index (χ1) is 12.0. The highest BCUT2D eigenvalue weighted by Gasteiger charge is 2.26. The van der Waals surface area contributed by atoms with Crippen LogP contribution in [-0.4, -0.2) is 29.4 Å². The third kappa shape index (κ3) is 2.88. The largest absolute Gasteiger partial charge is 0.493 e. The van der Waals surface area contributed by atoms with Crippen LogP contribution in [0.15, 0.2) is 29.2 Å². The van der Waals surface area contributed by atoms with Crippen molar-refractivity contribution >= 4 is 5.97 Å². The number of benzene rings is 1. The van der Waals surface area contributed by atoms with Gasteiger partial charge in [-0.3, -0.25) is 4.79 Å². The lowest BCUT2D eigenvalue weighted by Crippen LogP contribution is -2.25. The molecule has 3 rings (SSSR count). The number of carboxylic acid groups (broad SMARTS) is 1. The fourth-order valence-electron chi connectivity index (χ4n) is 3.36. The minimum Gasteiger partial charge on any atom is -0.493 e. The van der Waals surface area contributed by atoms with Crippen molar-refractivity contribution in [3.8, 4) is 22.8 Å². The molecular weight excluding hydrogens is 322 g/mol. The van der Waals surface area contributed by atoms with Gasteiger partial charge in [0.1, 0.15) is 5.56 Å². The van der Waals surface area contributed by atoms with Gasteiger partial charge in [-0.05, 0) is 37.5 Å². The van der Waals surface area contributed by atoms with E-state index in [1.165, 1.54) is 12.3 Å². The van der Waals surface area contributed by atoms with E-state index >= 15 is 0 Å². The number of aromatic nitrogens is 1. The van der Waals surface area contributed by atoms with E-state index < -0.39 is 11.4 Å². The Morgan fingerprint density at radius 3 is 2.64 bits per heavy atom. The zero-order chi connectivity index (χ0) is 18.1. The molecule has 0 saturated heterocycles. The summed E-state index contributed by atoms with van der Waals surface area (Å²) >= 11 is 0. The molecule has 0 saturated carbocycles. The van der Waals surface area contributed by atoms with Gasteiger partial charge in [0.2, 0.25) is 0 Å². The molecule has 0 bridgehead atoms. The van der Waals surface area contributed by atoms with Gasteiger partial charge in [-0.1, -0.05) is 6.92 Å². The van der Waals surface area contributed by atoms with E-state index in [-0.39, 0.29) is 11.6 Å². The second kappa shape index (κ2) is 6.63. The van der Waals surface area contributed by atoms with Gasteiger partial charge in [0, 0.05) is 23.9 Å². The van der Waals surface area contributed by atoms with Gasteiger partial charge in [-0.15, -0.1) is 0 Å². The zero-order valence-electron chi connectivity index (χ0n) is 14.5. The number of methoxy groups -OCH3 is 1. The predicted octanol–water partition coefficient (Wildman–Crippen LogP) is 3.13. The maximum Gasteiger partial charge on any atom is 0.341 e. The molecule has 2 aromatic rings. The average molecular weight is 343 g/mol. The zero-order valence-corrected chi connectivity index (χ0v) is 14.5. The molecule has 0 unspecified atom stereocenters. The summed E-state index contributed by atoms with van der Waals surface area (Å²) in [5, 5.41) is 9.25. The maximum absolute atomic E-state index is 12.2. The summed E-state index contributed by atoms with van der Waals surface area (Å²) in [5.74, 6) is 0.0682. The van der Waals surface area contributed by atoms with Crippen LogP contribution in [0.3, 0.4) is 0 Å². The molecule has 0 spiro atoms. The van der Waals surface area contributed by atoms with Gasteiger partial charge < -0.3 is 19.1 Å². The minimum atomic E-state index is -1.20. The molecule has 2 heterocycles. The molecule has 1 aliphatic heterocycles. The molecule has 25 heavy (non-hydrogen) atoms. The SMILES string of the molecule is CCOc1cc2c(cc1OC)-c1cc(=O)c(C(=O)O)cn1[C@@H](CC)C2. The molecule has 1 aromatic carbocycles. The molecule has 1 atom stereocenters. The van der Waals surface area contributed by atoms with Crippen molar-refractivity contribution < 1.29 is 19.4 Å². The van der Waals surface area contributed by atoms with Gasteiger partial charge in [0.15, 0.2) is 16.9 Å². The summed E-state index contributed by atoms with van der Waals surface area (Å²) in [7, 11) is 1.57. The van der Waals surface area contributed by atoms with E-state index in [1.807, 2.05) is 30.5 Å². The van der Waals surface area contributed by atoms with Gasteiger partial charge in [0.05, 0.1) is 19.4 Å². The first-order valence-corrected chi connectivity index (χ1v) is 8.33. The molecule has 1 aromatic heterocycles.